The van der Waals surface area contributed by atoms with Crippen LogP contribution in [0.2, 0.25) is 0 Å². The number of amides is 1. The van der Waals surface area contributed by atoms with E-state index in [4.69, 9.17) is 0 Å². The van der Waals surface area contributed by atoms with E-state index in [1.165, 1.54) is 6.42 Å². The molecule has 138 valence electrons. The molecule has 1 unspecified atom stereocenters. The number of aryl methyl sites for hydroxylation is 1. The van der Waals surface area contributed by atoms with Crippen LogP contribution in [0, 0.1) is 6.92 Å². The number of carbonyl (C=O) groups excluding carboxylic acids is 1. The molecule has 1 aliphatic rings. The molecule has 1 aromatic carbocycles. The van der Waals surface area contributed by atoms with Gasteiger partial charge in [0, 0.05) is 30.9 Å². The van der Waals surface area contributed by atoms with E-state index in [2.05, 4.69) is 20.2 Å². The maximum absolute atomic E-state index is 12.4. The van der Waals surface area contributed by atoms with Gasteiger partial charge in [-0.3, -0.25) is 9.69 Å². The Morgan fingerprint density at radius 2 is 2.12 bits per heavy atom. The summed E-state index contributed by atoms with van der Waals surface area (Å²) < 4.78 is 0. The van der Waals surface area contributed by atoms with Gasteiger partial charge in [0.15, 0.2) is 5.82 Å². The van der Waals surface area contributed by atoms with Crippen molar-refractivity contribution in [2.45, 2.75) is 32.2 Å². The van der Waals surface area contributed by atoms with E-state index in [0.29, 0.717) is 23.6 Å². The van der Waals surface area contributed by atoms with Crippen LogP contribution in [0.25, 0.3) is 11.4 Å². The van der Waals surface area contributed by atoms with Gasteiger partial charge < -0.3 is 10.4 Å². The van der Waals surface area contributed by atoms with Crippen LogP contribution >= 0.6 is 0 Å². The lowest BCUT2D eigenvalue weighted by Crippen LogP contribution is -2.45. The van der Waals surface area contributed by atoms with E-state index in [0.717, 1.165) is 31.5 Å². The number of aromatic nitrogens is 2. The molecule has 0 radical (unpaired) electrons. The molecule has 2 aromatic rings. The Hall–Kier alpha value is -2.31. The maximum atomic E-state index is 12.4. The highest BCUT2D eigenvalue weighted by molar-refractivity contribution is 5.95. The van der Waals surface area contributed by atoms with Crippen LogP contribution in [-0.2, 0) is 0 Å². The number of likely N-dealkylation sites (tertiary alicyclic amines) is 1. The highest BCUT2D eigenvalue weighted by Gasteiger charge is 2.21. The van der Waals surface area contributed by atoms with Gasteiger partial charge in [-0.2, -0.15) is 0 Å². The van der Waals surface area contributed by atoms with Gasteiger partial charge in [0.1, 0.15) is 0 Å². The van der Waals surface area contributed by atoms with Crippen LogP contribution in [0.15, 0.2) is 36.5 Å². The molecule has 6 nitrogen and oxygen atoms in total. The van der Waals surface area contributed by atoms with E-state index >= 15 is 0 Å². The zero-order chi connectivity index (χ0) is 18.4. The molecule has 2 heterocycles. The molecule has 1 saturated heterocycles. The Labute approximate surface area is 154 Å². The number of hydrogen-bond acceptors (Lipinski definition) is 5. The molecule has 0 bridgehead atoms. The Bertz CT molecular complexity index is 736. The summed E-state index contributed by atoms with van der Waals surface area (Å²) >= 11 is 0. The first-order valence-corrected chi connectivity index (χ1v) is 9.21. The molecule has 26 heavy (non-hydrogen) atoms. The van der Waals surface area contributed by atoms with Crippen LogP contribution in [0.5, 0.6) is 0 Å². The third-order valence-corrected chi connectivity index (χ3v) is 4.90. The molecule has 1 amide bonds. The van der Waals surface area contributed by atoms with E-state index in [1.54, 1.807) is 6.20 Å². The molecule has 1 aromatic heterocycles. The fourth-order valence-corrected chi connectivity index (χ4v) is 3.39. The number of rotatable bonds is 6. The van der Waals surface area contributed by atoms with Crippen molar-refractivity contribution in [3.8, 4) is 11.4 Å². The van der Waals surface area contributed by atoms with Gasteiger partial charge in [0.2, 0.25) is 0 Å². The fourth-order valence-electron chi connectivity index (χ4n) is 3.39. The van der Waals surface area contributed by atoms with E-state index in [9.17, 15) is 9.90 Å². The van der Waals surface area contributed by atoms with Crippen molar-refractivity contribution >= 4 is 5.91 Å². The summed E-state index contributed by atoms with van der Waals surface area (Å²) in [6.07, 6.45) is 4.94. The molecule has 1 fully saturated rings. The summed E-state index contributed by atoms with van der Waals surface area (Å²) in [5.74, 6) is 0.471. The highest BCUT2D eigenvalue weighted by atomic mass is 16.3. The molecule has 1 atom stereocenters. The fraction of sp³-hybridized carbons (Fsp3) is 0.450. The van der Waals surface area contributed by atoms with Crippen molar-refractivity contribution in [2.75, 3.05) is 26.2 Å². The summed E-state index contributed by atoms with van der Waals surface area (Å²) in [7, 11) is 0. The predicted octanol–water partition coefficient (Wildman–Crippen LogP) is 2.03. The van der Waals surface area contributed by atoms with E-state index in [-0.39, 0.29) is 18.6 Å². The second kappa shape index (κ2) is 8.87. The van der Waals surface area contributed by atoms with Gasteiger partial charge in [0.25, 0.3) is 5.91 Å². The lowest BCUT2D eigenvalue weighted by molar-refractivity contribution is 0.0848. The van der Waals surface area contributed by atoms with Gasteiger partial charge in [-0.1, -0.05) is 36.8 Å². The lowest BCUT2D eigenvalue weighted by atomic mass is 10.0. The average molecular weight is 354 g/mol. The van der Waals surface area contributed by atoms with Crippen molar-refractivity contribution in [3.63, 3.8) is 0 Å². The number of carbonyl (C=O) groups is 1. The van der Waals surface area contributed by atoms with Crippen LogP contribution in [0.3, 0.4) is 0 Å². The number of nitrogens with one attached hydrogen (secondary N) is 1. The Balaban J connectivity index is 1.58. The lowest BCUT2D eigenvalue weighted by Gasteiger charge is -2.34. The number of nitrogens with zero attached hydrogens (tertiary/aromatic N) is 3. The average Bonchev–Trinajstić information content (AvgIpc) is 2.69. The third-order valence-electron chi connectivity index (χ3n) is 4.90. The molecule has 2 N–H and O–H groups in total. The minimum Gasteiger partial charge on any atom is -0.395 e. The van der Waals surface area contributed by atoms with Gasteiger partial charge in [0.05, 0.1) is 17.9 Å². The molecule has 0 spiro atoms. The highest BCUT2D eigenvalue weighted by Crippen LogP contribution is 2.17. The van der Waals surface area contributed by atoms with Crippen molar-refractivity contribution in [3.05, 3.63) is 47.8 Å². The van der Waals surface area contributed by atoms with Crippen molar-refractivity contribution in [1.82, 2.24) is 20.2 Å². The summed E-state index contributed by atoms with van der Waals surface area (Å²) in [5, 5.41) is 12.4. The summed E-state index contributed by atoms with van der Waals surface area (Å²) in [6, 6.07) is 9.94. The van der Waals surface area contributed by atoms with E-state index < -0.39 is 0 Å². The minimum atomic E-state index is -0.153. The first-order valence-electron chi connectivity index (χ1n) is 9.21. The molecule has 0 saturated carbocycles. The summed E-state index contributed by atoms with van der Waals surface area (Å²) in [5.41, 5.74) is 2.10. The van der Waals surface area contributed by atoms with Gasteiger partial charge in [-0.25, -0.2) is 9.97 Å². The molecule has 6 heteroatoms. The zero-order valence-electron chi connectivity index (χ0n) is 15.2. The standard InChI is InChI=1S/C20H26N4O2/c1-15-18(13-22-19(23-15)16-7-3-2-4-8-16)20(26)21-10-12-24-11-6-5-9-17(24)14-25/h2-4,7-8,13,17,25H,5-6,9-12,14H2,1H3,(H,21,26). The second-order valence-corrected chi connectivity index (χ2v) is 6.68. The summed E-state index contributed by atoms with van der Waals surface area (Å²) in [4.78, 5) is 23.5. The minimum absolute atomic E-state index is 0.153. The number of aliphatic hydroxyl groups excluding tert-OH is 1. The van der Waals surface area contributed by atoms with Crippen molar-refractivity contribution in [1.29, 1.82) is 0 Å². The van der Waals surface area contributed by atoms with Crippen molar-refractivity contribution < 1.29 is 9.90 Å². The van der Waals surface area contributed by atoms with Gasteiger partial charge in [-0.05, 0) is 26.3 Å². The van der Waals surface area contributed by atoms with Crippen LogP contribution in [0.4, 0.5) is 0 Å². The Morgan fingerprint density at radius 3 is 2.85 bits per heavy atom. The Morgan fingerprint density at radius 1 is 1.31 bits per heavy atom. The first-order chi connectivity index (χ1) is 12.7. The smallest absolute Gasteiger partial charge is 0.254 e. The van der Waals surface area contributed by atoms with Crippen molar-refractivity contribution in [2.24, 2.45) is 0 Å². The van der Waals surface area contributed by atoms with Gasteiger partial charge >= 0.3 is 0 Å². The summed E-state index contributed by atoms with van der Waals surface area (Å²) in [6.45, 7) is 4.29. The predicted molar refractivity (Wildman–Crippen MR) is 101 cm³/mol. The maximum Gasteiger partial charge on any atom is 0.254 e. The molecule has 0 aliphatic carbocycles. The SMILES string of the molecule is Cc1nc(-c2ccccc2)ncc1C(=O)NCCN1CCCCC1CO. The second-order valence-electron chi connectivity index (χ2n) is 6.68. The third kappa shape index (κ3) is 4.45. The number of benzene rings is 1. The molecule has 1 aliphatic heterocycles. The number of aliphatic hydroxyl groups is 1. The molecular weight excluding hydrogens is 328 g/mol. The number of hydrogen-bond donors (Lipinski definition) is 2. The van der Waals surface area contributed by atoms with E-state index in [1.807, 2.05) is 37.3 Å². The largest absolute Gasteiger partial charge is 0.395 e. The van der Waals surface area contributed by atoms with Gasteiger partial charge in [-0.15, -0.1) is 0 Å². The monoisotopic (exact) mass is 354 g/mol. The molecular formula is C20H26N4O2. The quantitative estimate of drug-likeness (QED) is 0.830. The molecule has 3 rings (SSSR count). The normalized spacial score (nSPS) is 17.8. The zero-order valence-corrected chi connectivity index (χ0v) is 15.2. The van der Waals surface area contributed by atoms with Crippen LogP contribution in [0.1, 0.15) is 35.3 Å². The Kier molecular flexibility index (Phi) is 6.30. The van der Waals surface area contributed by atoms with Crippen LogP contribution in [-0.4, -0.2) is 58.2 Å². The first kappa shape index (κ1) is 18.5. The topological polar surface area (TPSA) is 78.4 Å². The van der Waals surface area contributed by atoms with Crippen LogP contribution < -0.4 is 5.32 Å². The number of piperidine rings is 1.